The third kappa shape index (κ3) is 3.55. The predicted octanol–water partition coefficient (Wildman–Crippen LogP) is 5.07. The van der Waals surface area contributed by atoms with Crippen LogP contribution in [0.4, 0.5) is 0 Å². The van der Waals surface area contributed by atoms with Crippen LogP contribution in [0.2, 0.25) is 18.1 Å². The molecule has 20 heavy (non-hydrogen) atoms. The monoisotopic (exact) mass is 314 g/mol. The molecule has 0 aliphatic heterocycles. The lowest BCUT2D eigenvalue weighted by Crippen LogP contribution is -2.44. The largest absolute Gasteiger partial charge is 0.543 e. The van der Waals surface area contributed by atoms with E-state index in [9.17, 15) is 9.90 Å². The van der Waals surface area contributed by atoms with Crippen molar-refractivity contribution in [3.63, 3.8) is 0 Å². The summed E-state index contributed by atoms with van der Waals surface area (Å²) in [6.45, 7) is 12.5. The van der Waals surface area contributed by atoms with Crippen molar-refractivity contribution >= 4 is 25.9 Å². The van der Waals surface area contributed by atoms with Gasteiger partial charge in [-0.1, -0.05) is 26.8 Å². The Balaban J connectivity index is 3.33. The zero-order chi connectivity index (χ0) is 15.7. The van der Waals surface area contributed by atoms with Crippen LogP contribution >= 0.6 is 11.6 Å². The summed E-state index contributed by atoms with van der Waals surface area (Å²) in [5, 5.41) is 8.92. The van der Waals surface area contributed by atoms with Gasteiger partial charge in [0.15, 0.2) is 0 Å². The van der Waals surface area contributed by atoms with Crippen LogP contribution in [0.5, 0.6) is 5.75 Å². The summed E-state index contributed by atoms with van der Waals surface area (Å²) in [4.78, 5) is 11.3. The van der Waals surface area contributed by atoms with Gasteiger partial charge in [-0.2, -0.15) is 0 Å². The molecule has 0 bridgehead atoms. The van der Waals surface area contributed by atoms with Crippen LogP contribution in [0.15, 0.2) is 18.2 Å². The molecule has 1 rings (SSSR count). The van der Waals surface area contributed by atoms with Gasteiger partial charge in [0.2, 0.25) is 8.32 Å². The summed E-state index contributed by atoms with van der Waals surface area (Å²) < 4.78 is 6.24. The number of hydrogen-bond acceptors (Lipinski definition) is 2. The van der Waals surface area contributed by atoms with Crippen LogP contribution in [0.1, 0.15) is 49.0 Å². The Labute approximate surface area is 127 Å². The molecule has 3 nitrogen and oxygen atoms in total. The van der Waals surface area contributed by atoms with Crippen LogP contribution in [-0.2, 0) is 0 Å². The van der Waals surface area contributed by atoms with Gasteiger partial charge in [-0.25, -0.2) is 4.79 Å². The average Bonchev–Trinajstić information content (AvgIpc) is 2.25. The third-order valence-corrected chi connectivity index (χ3v) is 8.43. The SMILES string of the molecule is CC(Cl)c1c(O[Si](C)(C)C(C)(C)C)cccc1C(=O)O. The topological polar surface area (TPSA) is 46.5 Å². The maximum absolute atomic E-state index is 11.3. The Morgan fingerprint density at radius 1 is 1.35 bits per heavy atom. The highest BCUT2D eigenvalue weighted by Crippen LogP contribution is 2.40. The quantitative estimate of drug-likeness (QED) is 0.623. The highest BCUT2D eigenvalue weighted by molar-refractivity contribution is 6.74. The Kier molecular flexibility index (Phi) is 4.93. The number of carbonyl (C=O) groups is 1. The molecule has 1 aromatic rings. The van der Waals surface area contributed by atoms with Crippen molar-refractivity contribution in [3.8, 4) is 5.75 Å². The molecule has 0 heterocycles. The molecule has 0 radical (unpaired) electrons. The van der Waals surface area contributed by atoms with E-state index in [0.717, 1.165) is 0 Å². The minimum absolute atomic E-state index is 0.0407. The Morgan fingerprint density at radius 2 is 1.90 bits per heavy atom. The number of alkyl halides is 1. The standard InChI is InChI=1S/C15H23ClO3Si/c1-10(16)13-11(14(17)18)8-7-9-12(13)19-20(5,6)15(2,3)4/h7-10H,1-6H3,(H,17,18). The van der Waals surface area contributed by atoms with Gasteiger partial charge in [-0.3, -0.25) is 0 Å². The maximum atomic E-state index is 11.3. The summed E-state index contributed by atoms with van der Waals surface area (Å²) in [6, 6.07) is 5.07. The molecule has 1 aromatic carbocycles. The van der Waals surface area contributed by atoms with E-state index in [1.807, 2.05) is 0 Å². The van der Waals surface area contributed by atoms with Gasteiger partial charge in [0.1, 0.15) is 5.75 Å². The first-order chi connectivity index (χ1) is 8.97. The highest BCUT2D eigenvalue weighted by atomic mass is 35.5. The molecule has 0 saturated carbocycles. The van der Waals surface area contributed by atoms with E-state index in [1.54, 1.807) is 25.1 Å². The van der Waals surface area contributed by atoms with E-state index in [4.69, 9.17) is 16.0 Å². The lowest BCUT2D eigenvalue weighted by molar-refractivity contribution is 0.0695. The van der Waals surface area contributed by atoms with E-state index in [2.05, 4.69) is 33.9 Å². The first-order valence-electron chi connectivity index (χ1n) is 6.66. The van der Waals surface area contributed by atoms with Crippen molar-refractivity contribution in [2.45, 2.75) is 51.2 Å². The smallest absolute Gasteiger partial charge is 0.336 e. The summed E-state index contributed by atoms with van der Waals surface area (Å²) >= 11 is 6.17. The van der Waals surface area contributed by atoms with E-state index < -0.39 is 19.7 Å². The van der Waals surface area contributed by atoms with Crippen molar-refractivity contribution in [3.05, 3.63) is 29.3 Å². The molecule has 0 amide bonds. The van der Waals surface area contributed by atoms with Gasteiger partial charge in [0, 0.05) is 5.56 Å². The zero-order valence-electron chi connectivity index (χ0n) is 13.0. The van der Waals surface area contributed by atoms with Crippen molar-refractivity contribution in [2.75, 3.05) is 0 Å². The molecule has 1 N–H and O–H groups in total. The number of rotatable bonds is 4. The van der Waals surface area contributed by atoms with Gasteiger partial charge in [0.25, 0.3) is 0 Å². The number of benzene rings is 1. The molecule has 0 aliphatic carbocycles. The lowest BCUT2D eigenvalue weighted by Gasteiger charge is -2.37. The fraction of sp³-hybridized carbons (Fsp3) is 0.533. The van der Waals surface area contributed by atoms with Gasteiger partial charge in [-0.15, -0.1) is 11.6 Å². The normalized spacial score (nSPS) is 13.9. The van der Waals surface area contributed by atoms with Crippen LogP contribution in [0.25, 0.3) is 0 Å². The van der Waals surface area contributed by atoms with E-state index >= 15 is 0 Å². The number of aromatic carboxylic acids is 1. The van der Waals surface area contributed by atoms with Crippen LogP contribution in [0.3, 0.4) is 0 Å². The molecule has 0 saturated heterocycles. The molecule has 1 atom stereocenters. The molecular formula is C15H23ClO3Si. The second kappa shape index (κ2) is 5.78. The molecular weight excluding hydrogens is 292 g/mol. The van der Waals surface area contributed by atoms with Crippen LogP contribution in [-0.4, -0.2) is 19.4 Å². The van der Waals surface area contributed by atoms with Crippen molar-refractivity contribution in [1.29, 1.82) is 0 Å². The summed E-state index contributed by atoms with van der Waals surface area (Å²) in [5.74, 6) is -0.382. The van der Waals surface area contributed by atoms with E-state index in [0.29, 0.717) is 11.3 Å². The van der Waals surface area contributed by atoms with Gasteiger partial charge >= 0.3 is 5.97 Å². The minimum Gasteiger partial charge on any atom is -0.543 e. The number of halogens is 1. The second-order valence-electron chi connectivity index (χ2n) is 6.50. The van der Waals surface area contributed by atoms with Crippen LogP contribution < -0.4 is 4.43 Å². The molecule has 0 aromatic heterocycles. The Morgan fingerprint density at radius 3 is 2.30 bits per heavy atom. The zero-order valence-corrected chi connectivity index (χ0v) is 14.7. The molecule has 1 unspecified atom stereocenters. The van der Waals surface area contributed by atoms with Gasteiger partial charge < -0.3 is 9.53 Å². The molecule has 112 valence electrons. The van der Waals surface area contributed by atoms with E-state index in [-0.39, 0.29) is 10.6 Å². The number of hydrogen-bond donors (Lipinski definition) is 1. The first-order valence-corrected chi connectivity index (χ1v) is 10.0. The number of carboxylic acids is 1. The molecule has 0 aliphatic rings. The summed E-state index contributed by atoms with van der Waals surface area (Å²) in [7, 11) is -2.03. The number of carboxylic acid groups (broad SMARTS) is 1. The Bertz CT molecular complexity index is 504. The minimum atomic E-state index is -2.03. The average molecular weight is 315 g/mol. The van der Waals surface area contributed by atoms with E-state index in [1.165, 1.54) is 0 Å². The maximum Gasteiger partial charge on any atom is 0.336 e. The van der Waals surface area contributed by atoms with Crippen molar-refractivity contribution in [2.24, 2.45) is 0 Å². The van der Waals surface area contributed by atoms with Gasteiger partial charge in [-0.05, 0) is 37.2 Å². The second-order valence-corrected chi connectivity index (χ2v) is 11.9. The van der Waals surface area contributed by atoms with Crippen molar-refractivity contribution in [1.82, 2.24) is 0 Å². The molecule has 0 fully saturated rings. The highest BCUT2D eigenvalue weighted by Gasteiger charge is 2.39. The van der Waals surface area contributed by atoms with Gasteiger partial charge in [0.05, 0.1) is 10.9 Å². The molecule has 0 spiro atoms. The van der Waals surface area contributed by atoms with Crippen molar-refractivity contribution < 1.29 is 14.3 Å². The predicted molar refractivity (Wildman–Crippen MR) is 85.5 cm³/mol. The fourth-order valence-electron chi connectivity index (χ4n) is 1.66. The Hall–Kier alpha value is -1.00. The summed E-state index contributed by atoms with van der Waals surface area (Å²) in [6.07, 6.45) is 0. The summed E-state index contributed by atoms with van der Waals surface area (Å²) in [5.41, 5.74) is 0.773. The first kappa shape index (κ1) is 17.0. The molecule has 5 heteroatoms. The fourth-order valence-corrected chi connectivity index (χ4v) is 2.92. The third-order valence-electron chi connectivity index (χ3n) is 3.87. The lowest BCUT2D eigenvalue weighted by atomic mass is 10.0. The van der Waals surface area contributed by atoms with Crippen LogP contribution in [0, 0.1) is 0 Å².